The van der Waals surface area contributed by atoms with Gasteiger partial charge in [0.2, 0.25) is 0 Å². The molecule has 1 aromatic carbocycles. The molecule has 0 aliphatic carbocycles. The average molecular weight is 280 g/mol. The molecule has 2 saturated heterocycles. The van der Waals surface area contributed by atoms with Crippen molar-refractivity contribution in [2.45, 2.75) is 25.0 Å². The number of likely N-dealkylation sites (tertiary alicyclic amines) is 1. The molecule has 4 heteroatoms. The monoisotopic (exact) mass is 280 g/mol. The molecule has 0 saturated carbocycles. The fraction of sp³-hybridized carbons (Fsp3) is 0.353. The van der Waals surface area contributed by atoms with Crippen molar-refractivity contribution in [1.29, 1.82) is 0 Å². The summed E-state index contributed by atoms with van der Waals surface area (Å²) in [6.07, 6.45) is 3.16. The second kappa shape index (κ2) is 5.04. The highest BCUT2D eigenvalue weighted by molar-refractivity contribution is 5.51. The van der Waals surface area contributed by atoms with E-state index in [9.17, 15) is 0 Å². The number of nitrogens with two attached hydrogens (primary N) is 1. The van der Waals surface area contributed by atoms with Gasteiger partial charge in [-0.05, 0) is 24.1 Å². The minimum Gasteiger partial charge on any atom is -0.384 e. The van der Waals surface area contributed by atoms with Gasteiger partial charge in [-0.25, -0.2) is 4.98 Å². The number of benzene rings is 1. The molecule has 4 rings (SSSR count). The topological polar surface area (TPSA) is 45.4 Å². The Balaban J connectivity index is 1.45. The fourth-order valence-electron chi connectivity index (χ4n) is 3.64. The lowest BCUT2D eigenvalue weighted by Crippen LogP contribution is -2.46. The number of piperazine rings is 1. The maximum absolute atomic E-state index is 5.67. The molecule has 3 heterocycles. The van der Waals surface area contributed by atoms with Gasteiger partial charge in [0.05, 0.1) is 11.9 Å². The summed E-state index contributed by atoms with van der Waals surface area (Å²) >= 11 is 0. The van der Waals surface area contributed by atoms with Crippen molar-refractivity contribution >= 4 is 11.5 Å². The van der Waals surface area contributed by atoms with Crippen LogP contribution in [-0.4, -0.2) is 35.1 Å². The summed E-state index contributed by atoms with van der Waals surface area (Å²) in [5, 5.41) is 0. The summed E-state index contributed by atoms with van der Waals surface area (Å²) in [6.45, 7) is 3.31. The number of pyridine rings is 1. The molecular formula is C17H20N4. The Morgan fingerprint density at radius 1 is 1.05 bits per heavy atom. The third kappa shape index (κ3) is 2.36. The Hall–Kier alpha value is -2.07. The number of hydrogen-bond donors (Lipinski definition) is 1. The second-order valence-corrected chi connectivity index (χ2v) is 6.05. The maximum Gasteiger partial charge on any atom is 0.123 e. The van der Waals surface area contributed by atoms with E-state index in [-0.39, 0.29) is 0 Å². The molecule has 2 aliphatic heterocycles. The first kappa shape index (κ1) is 12.7. The molecule has 2 aromatic rings. The van der Waals surface area contributed by atoms with E-state index < -0.39 is 0 Å². The van der Waals surface area contributed by atoms with Crippen molar-refractivity contribution < 1.29 is 0 Å². The Bertz CT molecular complexity index is 610. The number of nitrogen functional groups attached to an aromatic ring is 1. The van der Waals surface area contributed by atoms with Crippen molar-refractivity contribution in [3.63, 3.8) is 0 Å². The first-order valence-electron chi connectivity index (χ1n) is 7.56. The van der Waals surface area contributed by atoms with Gasteiger partial charge in [-0.2, -0.15) is 0 Å². The summed E-state index contributed by atoms with van der Waals surface area (Å²) in [7, 11) is 0. The number of anilines is 2. The Morgan fingerprint density at radius 3 is 2.57 bits per heavy atom. The molecule has 4 nitrogen and oxygen atoms in total. The lowest BCUT2D eigenvalue weighted by atomic mass is 10.2. The largest absolute Gasteiger partial charge is 0.384 e. The molecule has 0 spiro atoms. The second-order valence-electron chi connectivity index (χ2n) is 6.05. The van der Waals surface area contributed by atoms with E-state index in [1.165, 1.54) is 17.7 Å². The molecule has 0 radical (unpaired) electrons. The van der Waals surface area contributed by atoms with Gasteiger partial charge in [0, 0.05) is 31.7 Å². The highest BCUT2D eigenvalue weighted by Crippen LogP contribution is 2.35. The maximum atomic E-state index is 5.67. The van der Waals surface area contributed by atoms with Crippen molar-refractivity contribution in [3.8, 4) is 0 Å². The lowest BCUT2D eigenvalue weighted by Gasteiger charge is -2.35. The molecule has 2 atom stereocenters. The molecule has 108 valence electrons. The number of fused-ring (bicyclic) bond motifs is 2. The van der Waals surface area contributed by atoms with Gasteiger partial charge in [0.15, 0.2) is 0 Å². The van der Waals surface area contributed by atoms with Crippen LogP contribution in [0.5, 0.6) is 0 Å². The highest BCUT2D eigenvalue weighted by atomic mass is 15.3. The van der Waals surface area contributed by atoms with E-state index in [4.69, 9.17) is 5.73 Å². The van der Waals surface area contributed by atoms with Crippen LogP contribution >= 0.6 is 0 Å². The number of nitrogens with zero attached hydrogens (tertiary/aromatic N) is 3. The van der Waals surface area contributed by atoms with Gasteiger partial charge in [0.25, 0.3) is 0 Å². The molecule has 1 aromatic heterocycles. The van der Waals surface area contributed by atoms with Crippen LogP contribution in [0.2, 0.25) is 0 Å². The molecule has 2 fully saturated rings. The van der Waals surface area contributed by atoms with Crippen LogP contribution in [0.3, 0.4) is 0 Å². The third-order valence-electron chi connectivity index (χ3n) is 4.68. The summed E-state index contributed by atoms with van der Waals surface area (Å²) in [5.74, 6) is 0.591. The van der Waals surface area contributed by atoms with Crippen LogP contribution in [0.1, 0.15) is 12.0 Å². The van der Waals surface area contributed by atoms with E-state index in [1.807, 2.05) is 12.3 Å². The average Bonchev–Trinajstić information content (AvgIpc) is 3.09. The molecule has 21 heavy (non-hydrogen) atoms. The van der Waals surface area contributed by atoms with Gasteiger partial charge >= 0.3 is 0 Å². The zero-order valence-electron chi connectivity index (χ0n) is 12.0. The zero-order valence-corrected chi connectivity index (χ0v) is 12.0. The van der Waals surface area contributed by atoms with E-state index in [1.54, 1.807) is 0 Å². The van der Waals surface area contributed by atoms with Crippen molar-refractivity contribution in [2.75, 3.05) is 23.7 Å². The molecule has 2 aliphatic rings. The summed E-state index contributed by atoms with van der Waals surface area (Å²) in [5.41, 5.74) is 8.28. The van der Waals surface area contributed by atoms with Crippen LogP contribution in [0.25, 0.3) is 0 Å². The zero-order chi connectivity index (χ0) is 14.2. The molecule has 2 N–H and O–H groups in total. The van der Waals surface area contributed by atoms with Crippen LogP contribution < -0.4 is 10.6 Å². The molecule has 2 bridgehead atoms. The summed E-state index contributed by atoms with van der Waals surface area (Å²) in [4.78, 5) is 9.31. The van der Waals surface area contributed by atoms with Crippen molar-refractivity contribution in [3.05, 3.63) is 54.2 Å². The first-order valence-corrected chi connectivity index (χ1v) is 7.56. The van der Waals surface area contributed by atoms with Gasteiger partial charge < -0.3 is 10.6 Å². The summed E-state index contributed by atoms with van der Waals surface area (Å²) in [6, 6.07) is 16.0. The van der Waals surface area contributed by atoms with E-state index in [0.717, 1.165) is 19.6 Å². The van der Waals surface area contributed by atoms with Crippen LogP contribution in [0, 0.1) is 0 Å². The molecule has 0 amide bonds. The first-order chi connectivity index (χ1) is 10.3. The van der Waals surface area contributed by atoms with Crippen molar-refractivity contribution in [1.82, 2.24) is 9.88 Å². The van der Waals surface area contributed by atoms with E-state index in [0.29, 0.717) is 17.9 Å². The van der Waals surface area contributed by atoms with Crippen LogP contribution in [0.15, 0.2) is 48.7 Å². The minimum absolute atomic E-state index is 0.591. The number of aromatic nitrogens is 1. The minimum atomic E-state index is 0.591. The fourth-order valence-corrected chi connectivity index (χ4v) is 3.64. The molecule has 2 unspecified atom stereocenters. The van der Waals surface area contributed by atoms with Gasteiger partial charge in [0.1, 0.15) is 5.82 Å². The normalized spacial score (nSPS) is 24.7. The van der Waals surface area contributed by atoms with E-state index >= 15 is 0 Å². The van der Waals surface area contributed by atoms with Gasteiger partial charge in [-0.3, -0.25) is 4.90 Å². The Labute approximate surface area is 125 Å². The van der Waals surface area contributed by atoms with Gasteiger partial charge in [-0.1, -0.05) is 30.3 Å². The predicted molar refractivity (Wildman–Crippen MR) is 85.0 cm³/mol. The third-order valence-corrected chi connectivity index (χ3v) is 4.68. The SMILES string of the molecule is Nc1ccc(N2CC3CC2CN3Cc2ccccc2)cn1. The summed E-state index contributed by atoms with van der Waals surface area (Å²) < 4.78 is 0. The smallest absolute Gasteiger partial charge is 0.123 e. The van der Waals surface area contributed by atoms with Crippen molar-refractivity contribution in [2.24, 2.45) is 0 Å². The van der Waals surface area contributed by atoms with Crippen LogP contribution in [-0.2, 0) is 6.54 Å². The lowest BCUT2D eigenvalue weighted by molar-refractivity contribution is 0.230. The van der Waals surface area contributed by atoms with Crippen LogP contribution in [0.4, 0.5) is 11.5 Å². The Kier molecular flexibility index (Phi) is 3.04. The predicted octanol–water partition coefficient (Wildman–Crippen LogP) is 2.13. The number of rotatable bonds is 3. The molecular weight excluding hydrogens is 260 g/mol. The standard InChI is InChI=1S/C17H20N4/c18-17-7-6-14(9-19-17)21-12-15-8-16(21)11-20(15)10-13-4-2-1-3-5-13/h1-7,9,15-16H,8,10-12H2,(H2,18,19). The quantitative estimate of drug-likeness (QED) is 0.935. The highest BCUT2D eigenvalue weighted by Gasteiger charge is 2.43. The van der Waals surface area contributed by atoms with E-state index in [2.05, 4.69) is 51.2 Å². The Morgan fingerprint density at radius 2 is 1.90 bits per heavy atom. The van der Waals surface area contributed by atoms with Gasteiger partial charge in [-0.15, -0.1) is 0 Å². The number of hydrogen-bond acceptors (Lipinski definition) is 4.